The summed E-state index contributed by atoms with van der Waals surface area (Å²) in [4.78, 5) is 9.34. The lowest BCUT2D eigenvalue weighted by molar-refractivity contribution is 0.0169. The third-order valence-electron chi connectivity index (χ3n) is 6.65. The maximum absolute atomic E-state index is 5.59. The van der Waals surface area contributed by atoms with Crippen LogP contribution in [-0.2, 0) is 4.74 Å². The van der Waals surface area contributed by atoms with E-state index >= 15 is 0 Å². The van der Waals surface area contributed by atoms with Gasteiger partial charge in [-0.3, -0.25) is 9.89 Å². The predicted octanol–water partition coefficient (Wildman–Crippen LogP) is 2.59. The first-order valence-electron chi connectivity index (χ1n) is 11.8. The largest absolute Gasteiger partial charge is 0.493 e. The predicted molar refractivity (Wildman–Crippen MR) is 144 cm³/mol. The zero-order valence-corrected chi connectivity index (χ0v) is 23.0. The van der Waals surface area contributed by atoms with Crippen LogP contribution in [0, 0.1) is 5.92 Å². The monoisotopic (exact) mass is 575 g/mol. The quantitative estimate of drug-likeness (QED) is 0.267. The molecule has 2 aliphatic heterocycles. The lowest BCUT2D eigenvalue weighted by Crippen LogP contribution is -2.46. The van der Waals surface area contributed by atoms with E-state index in [1.54, 1.807) is 14.2 Å². The van der Waals surface area contributed by atoms with E-state index in [0.29, 0.717) is 0 Å². The highest BCUT2D eigenvalue weighted by atomic mass is 127. The van der Waals surface area contributed by atoms with E-state index in [2.05, 4.69) is 44.6 Å². The Kier molecular flexibility index (Phi) is 12.6. The number of piperidine rings is 1. The van der Waals surface area contributed by atoms with Crippen molar-refractivity contribution in [1.82, 2.24) is 20.4 Å². The molecule has 9 heteroatoms. The topological polar surface area (TPSA) is 70.6 Å². The number of hydrogen-bond acceptors (Lipinski definition) is 6. The molecule has 1 atom stereocenters. The minimum absolute atomic E-state index is 0. The molecule has 0 aliphatic carbocycles. The Morgan fingerprint density at radius 1 is 1.09 bits per heavy atom. The van der Waals surface area contributed by atoms with Crippen LogP contribution < -0.4 is 20.1 Å². The number of aliphatic imine (C=N–C) groups is 1. The van der Waals surface area contributed by atoms with E-state index in [1.807, 2.05) is 13.1 Å². The molecule has 33 heavy (non-hydrogen) atoms. The molecular weight excluding hydrogens is 533 g/mol. The van der Waals surface area contributed by atoms with Crippen LogP contribution in [0.1, 0.15) is 30.9 Å². The van der Waals surface area contributed by atoms with Crippen LogP contribution in [-0.4, -0.2) is 96.6 Å². The molecule has 2 aliphatic rings. The minimum atomic E-state index is 0. The van der Waals surface area contributed by atoms with Crippen LogP contribution in [0.3, 0.4) is 0 Å². The van der Waals surface area contributed by atoms with Gasteiger partial charge in [-0.15, -0.1) is 24.0 Å². The van der Waals surface area contributed by atoms with Gasteiger partial charge in [0, 0.05) is 33.2 Å². The molecule has 0 saturated carbocycles. The molecule has 3 rings (SSSR count). The Morgan fingerprint density at radius 2 is 1.79 bits per heavy atom. The molecule has 8 nitrogen and oxygen atoms in total. The Morgan fingerprint density at radius 3 is 2.42 bits per heavy atom. The molecule has 0 spiro atoms. The number of morpholine rings is 1. The molecule has 188 valence electrons. The first-order chi connectivity index (χ1) is 15.6. The van der Waals surface area contributed by atoms with Gasteiger partial charge < -0.3 is 29.7 Å². The summed E-state index contributed by atoms with van der Waals surface area (Å²) in [5, 5.41) is 7.07. The first-order valence-corrected chi connectivity index (χ1v) is 11.8. The van der Waals surface area contributed by atoms with Gasteiger partial charge in [0.05, 0.1) is 33.5 Å². The van der Waals surface area contributed by atoms with Gasteiger partial charge in [-0.25, -0.2) is 0 Å². The fraction of sp³-hybridized carbons (Fsp3) is 0.708. The van der Waals surface area contributed by atoms with Crippen molar-refractivity contribution >= 4 is 29.9 Å². The van der Waals surface area contributed by atoms with Crippen molar-refractivity contribution in [3.05, 3.63) is 23.8 Å². The highest BCUT2D eigenvalue weighted by Gasteiger charge is 2.24. The van der Waals surface area contributed by atoms with Gasteiger partial charge in [0.2, 0.25) is 0 Å². The van der Waals surface area contributed by atoms with Gasteiger partial charge in [0.1, 0.15) is 0 Å². The summed E-state index contributed by atoms with van der Waals surface area (Å²) >= 11 is 0. The second-order valence-electron chi connectivity index (χ2n) is 8.69. The molecule has 2 fully saturated rings. The standard InChI is InChI=1S/C24H41N5O3.HI/c1-25-24(26-10-7-19-8-11-28(2)12-9-19)27-18-21(29-13-15-32-16-14-29)20-5-6-22(30-3)23(17-20)31-4;/h5-6,17,19,21H,7-16,18H2,1-4H3,(H2,25,26,27);1H. The van der Waals surface area contributed by atoms with Crippen molar-refractivity contribution in [2.24, 2.45) is 10.9 Å². The molecule has 1 aromatic rings. The van der Waals surface area contributed by atoms with E-state index in [4.69, 9.17) is 14.2 Å². The minimum Gasteiger partial charge on any atom is -0.493 e. The van der Waals surface area contributed by atoms with Crippen molar-refractivity contribution in [2.75, 3.05) is 80.8 Å². The summed E-state index contributed by atoms with van der Waals surface area (Å²) < 4.78 is 16.6. The molecule has 0 amide bonds. The summed E-state index contributed by atoms with van der Waals surface area (Å²) in [6.45, 7) is 7.46. The van der Waals surface area contributed by atoms with Crippen LogP contribution in [0.2, 0.25) is 0 Å². The number of nitrogens with zero attached hydrogens (tertiary/aromatic N) is 3. The second kappa shape index (κ2) is 14.9. The summed E-state index contributed by atoms with van der Waals surface area (Å²) in [6.07, 6.45) is 3.78. The molecule has 2 saturated heterocycles. The van der Waals surface area contributed by atoms with Crippen LogP contribution in [0.5, 0.6) is 11.5 Å². The summed E-state index contributed by atoms with van der Waals surface area (Å²) in [5.74, 6) is 3.17. The van der Waals surface area contributed by atoms with Gasteiger partial charge in [0.15, 0.2) is 17.5 Å². The smallest absolute Gasteiger partial charge is 0.191 e. The molecule has 0 radical (unpaired) electrons. The number of ether oxygens (including phenoxy) is 3. The molecule has 1 aromatic carbocycles. The van der Waals surface area contributed by atoms with Gasteiger partial charge in [-0.2, -0.15) is 0 Å². The molecule has 2 heterocycles. The normalized spacial score (nSPS) is 19.5. The highest BCUT2D eigenvalue weighted by molar-refractivity contribution is 14.0. The summed E-state index contributed by atoms with van der Waals surface area (Å²) in [5.41, 5.74) is 1.19. The number of halogens is 1. The first kappa shape index (κ1) is 27.9. The Hall–Kier alpha value is -1.30. The van der Waals surface area contributed by atoms with Gasteiger partial charge in [0.25, 0.3) is 0 Å². The molecule has 0 aromatic heterocycles. The second-order valence-corrected chi connectivity index (χ2v) is 8.69. The SMILES string of the molecule is CN=C(NCCC1CCN(C)CC1)NCC(c1ccc(OC)c(OC)c1)N1CCOCC1.I. The molecule has 2 N–H and O–H groups in total. The van der Waals surface area contributed by atoms with Crippen molar-refractivity contribution in [1.29, 1.82) is 0 Å². The Bertz CT molecular complexity index is 722. The number of likely N-dealkylation sites (tertiary alicyclic amines) is 1. The van der Waals surface area contributed by atoms with Crippen LogP contribution in [0.15, 0.2) is 23.2 Å². The van der Waals surface area contributed by atoms with Crippen molar-refractivity contribution in [3.8, 4) is 11.5 Å². The van der Waals surface area contributed by atoms with Gasteiger partial charge in [-0.05, 0) is 63.0 Å². The molecular formula is C24H42IN5O3. The van der Waals surface area contributed by atoms with Crippen molar-refractivity contribution in [3.63, 3.8) is 0 Å². The molecule has 0 bridgehead atoms. The van der Waals surface area contributed by atoms with Gasteiger partial charge in [-0.1, -0.05) is 6.07 Å². The van der Waals surface area contributed by atoms with Crippen molar-refractivity contribution in [2.45, 2.75) is 25.3 Å². The lowest BCUT2D eigenvalue weighted by atomic mass is 9.94. The van der Waals surface area contributed by atoms with E-state index in [1.165, 1.54) is 37.9 Å². The average Bonchev–Trinajstić information content (AvgIpc) is 2.84. The average molecular weight is 576 g/mol. The van der Waals surface area contributed by atoms with E-state index in [-0.39, 0.29) is 30.0 Å². The third-order valence-corrected chi connectivity index (χ3v) is 6.65. The number of methoxy groups -OCH3 is 2. The maximum Gasteiger partial charge on any atom is 0.191 e. The number of nitrogens with one attached hydrogen (secondary N) is 2. The lowest BCUT2D eigenvalue weighted by Gasteiger charge is -2.35. The van der Waals surface area contributed by atoms with Crippen LogP contribution in [0.25, 0.3) is 0 Å². The van der Waals surface area contributed by atoms with Crippen LogP contribution in [0.4, 0.5) is 0 Å². The molecule has 1 unspecified atom stereocenters. The number of rotatable bonds is 9. The zero-order chi connectivity index (χ0) is 22.8. The number of guanidine groups is 1. The fourth-order valence-corrected chi connectivity index (χ4v) is 4.57. The number of hydrogen-bond donors (Lipinski definition) is 2. The zero-order valence-electron chi connectivity index (χ0n) is 20.6. The Labute approximate surface area is 216 Å². The van der Waals surface area contributed by atoms with Crippen LogP contribution >= 0.6 is 24.0 Å². The third kappa shape index (κ3) is 8.45. The van der Waals surface area contributed by atoms with E-state index in [9.17, 15) is 0 Å². The Balaban J connectivity index is 0.00000385. The van der Waals surface area contributed by atoms with E-state index in [0.717, 1.165) is 62.8 Å². The highest BCUT2D eigenvalue weighted by Crippen LogP contribution is 2.32. The fourth-order valence-electron chi connectivity index (χ4n) is 4.57. The van der Waals surface area contributed by atoms with Gasteiger partial charge >= 0.3 is 0 Å². The summed E-state index contributed by atoms with van der Waals surface area (Å²) in [6, 6.07) is 6.37. The maximum atomic E-state index is 5.59. The summed E-state index contributed by atoms with van der Waals surface area (Å²) in [7, 11) is 7.40. The van der Waals surface area contributed by atoms with E-state index < -0.39 is 0 Å². The van der Waals surface area contributed by atoms with Crippen molar-refractivity contribution < 1.29 is 14.2 Å². The number of benzene rings is 1.